The molecule has 76 heavy (non-hydrogen) atoms. The van der Waals surface area contributed by atoms with E-state index in [1.807, 2.05) is 21.1 Å². The summed E-state index contributed by atoms with van der Waals surface area (Å²) in [5.41, 5.74) is 0. The Morgan fingerprint density at radius 1 is 0.447 bits per heavy atom. The van der Waals surface area contributed by atoms with Crippen molar-refractivity contribution in [2.24, 2.45) is 0 Å². The van der Waals surface area contributed by atoms with Crippen LogP contribution >= 0.6 is 7.82 Å². The number of rotatable bonds is 62. The van der Waals surface area contributed by atoms with Gasteiger partial charge in [-0.25, -0.2) is 4.57 Å². The van der Waals surface area contributed by atoms with Crippen LogP contribution in [0.15, 0.2) is 36.5 Å². The van der Waals surface area contributed by atoms with E-state index in [4.69, 9.17) is 9.05 Å². The summed E-state index contributed by atoms with van der Waals surface area (Å²) in [7, 11) is 1.63. The summed E-state index contributed by atoms with van der Waals surface area (Å²) in [6.07, 6.45) is 76.5. The molecular weight excluding hydrogens is 960 g/mol. The molecule has 0 bridgehead atoms. The maximum atomic E-state index is 13.1. The predicted molar refractivity (Wildman–Crippen MR) is 332 cm³/mol. The molecule has 0 aliphatic rings. The number of nitrogens with zero attached hydrogens (tertiary/aromatic N) is 1. The fourth-order valence-corrected chi connectivity index (χ4v) is 10.9. The Labute approximate surface area is 474 Å². The Morgan fingerprint density at radius 3 is 1.09 bits per heavy atom. The summed E-state index contributed by atoms with van der Waals surface area (Å²) in [5.74, 6) is -0.140. The Bertz CT molecular complexity index is 1330. The van der Waals surface area contributed by atoms with E-state index in [2.05, 4.69) is 55.6 Å². The number of amides is 1. The van der Waals surface area contributed by atoms with Gasteiger partial charge in [0, 0.05) is 6.42 Å². The van der Waals surface area contributed by atoms with Gasteiger partial charge in [0.2, 0.25) is 5.91 Å². The van der Waals surface area contributed by atoms with E-state index in [0.29, 0.717) is 23.9 Å². The molecule has 0 fully saturated rings. The molecule has 0 aromatic rings. The standard InChI is InChI=1S/C67H131N2O6P/c1-6-8-10-12-14-16-18-20-22-24-26-28-30-32-33-34-35-37-39-41-43-45-47-49-51-53-55-57-59-61-67(71)68-65(64-75-76(72,73)74-63-62-69(3,4)5)66(70)60-58-56-54-52-50-48-46-44-42-40-38-36-31-29-27-25-23-21-19-17-15-13-11-9-7-2/h18,20,24,26,30,32,65-66,70H,6-17,19,21-23,25,27-29,31,33-64H2,1-5H3,(H-,68,71,72,73)/p+1/b20-18-,26-24-,32-30-. The summed E-state index contributed by atoms with van der Waals surface area (Å²) in [4.78, 5) is 23.4. The number of hydrogen-bond acceptors (Lipinski definition) is 5. The first-order valence-electron chi connectivity index (χ1n) is 33.4. The summed E-state index contributed by atoms with van der Waals surface area (Å²) >= 11 is 0. The van der Waals surface area contributed by atoms with Crippen molar-refractivity contribution in [2.75, 3.05) is 40.9 Å². The summed E-state index contributed by atoms with van der Waals surface area (Å²) in [6, 6.07) is -0.762. The molecule has 0 saturated carbocycles. The number of phosphoric ester groups is 1. The highest BCUT2D eigenvalue weighted by Crippen LogP contribution is 2.43. The van der Waals surface area contributed by atoms with Crippen molar-refractivity contribution in [1.82, 2.24) is 5.32 Å². The van der Waals surface area contributed by atoms with Crippen LogP contribution in [0.2, 0.25) is 0 Å². The van der Waals surface area contributed by atoms with Crippen molar-refractivity contribution in [3.63, 3.8) is 0 Å². The van der Waals surface area contributed by atoms with Crippen molar-refractivity contribution < 1.29 is 32.9 Å². The Morgan fingerprint density at radius 2 is 0.750 bits per heavy atom. The second-order valence-electron chi connectivity index (χ2n) is 24.2. The molecule has 0 heterocycles. The molecule has 0 aromatic carbocycles. The highest BCUT2D eigenvalue weighted by molar-refractivity contribution is 7.47. The van der Waals surface area contributed by atoms with Crippen molar-refractivity contribution >= 4 is 13.7 Å². The van der Waals surface area contributed by atoms with E-state index < -0.39 is 20.0 Å². The van der Waals surface area contributed by atoms with Gasteiger partial charge in [0.1, 0.15) is 13.2 Å². The number of unbranched alkanes of at least 4 members (excludes halogenated alkanes) is 43. The van der Waals surface area contributed by atoms with E-state index in [1.54, 1.807) is 0 Å². The number of hydrogen-bond donors (Lipinski definition) is 3. The smallest absolute Gasteiger partial charge is 0.391 e. The van der Waals surface area contributed by atoms with E-state index >= 15 is 0 Å². The predicted octanol–water partition coefficient (Wildman–Crippen LogP) is 20.9. The van der Waals surface area contributed by atoms with E-state index in [-0.39, 0.29) is 19.1 Å². The lowest BCUT2D eigenvalue weighted by Gasteiger charge is -2.26. The number of phosphoric acid groups is 1. The average molecular weight is 1090 g/mol. The molecule has 0 saturated heterocycles. The van der Waals surface area contributed by atoms with Gasteiger partial charge >= 0.3 is 7.82 Å². The minimum absolute atomic E-state index is 0.0757. The number of carbonyl (C=O) groups excluding carboxylic acids is 1. The number of carbonyl (C=O) groups is 1. The van der Waals surface area contributed by atoms with E-state index in [9.17, 15) is 19.4 Å². The maximum Gasteiger partial charge on any atom is 0.472 e. The molecule has 0 aromatic heterocycles. The van der Waals surface area contributed by atoms with Crippen molar-refractivity contribution in [2.45, 2.75) is 347 Å². The second-order valence-corrected chi connectivity index (χ2v) is 25.7. The monoisotopic (exact) mass is 1090 g/mol. The lowest BCUT2D eigenvalue weighted by molar-refractivity contribution is -0.870. The summed E-state index contributed by atoms with van der Waals surface area (Å²) in [5, 5.41) is 14.1. The average Bonchev–Trinajstić information content (AvgIpc) is 3.38. The third-order valence-electron chi connectivity index (χ3n) is 15.4. The minimum Gasteiger partial charge on any atom is -0.391 e. The fourth-order valence-electron chi connectivity index (χ4n) is 10.2. The first-order valence-corrected chi connectivity index (χ1v) is 34.8. The molecule has 9 heteroatoms. The van der Waals surface area contributed by atoms with Gasteiger partial charge in [-0.1, -0.05) is 314 Å². The topological polar surface area (TPSA) is 105 Å². The van der Waals surface area contributed by atoms with Crippen LogP contribution in [0.3, 0.4) is 0 Å². The SMILES string of the molecule is CCCCCCC/C=C\C/C=C\C/C=C\CCCCCCCCCCCCCCCCC(=O)NC(COP(=O)(O)OCC[N+](C)(C)C)C(O)CCCCCCCCCCCCCCCCCCCCCCCCCCC. The Hall–Kier alpha value is -1.28. The zero-order valence-corrected chi connectivity index (χ0v) is 52.4. The molecule has 0 radical (unpaired) electrons. The van der Waals surface area contributed by atoms with Gasteiger partial charge in [-0.15, -0.1) is 0 Å². The minimum atomic E-state index is -4.33. The van der Waals surface area contributed by atoms with Crippen LogP contribution in [0.5, 0.6) is 0 Å². The maximum absolute atomic E-state index is 13.1. The highest BCUT2D eigenvalue weighted by Gasteiger charge is 2.28. The lowest BCUT2D eigenvalue weighted by Crippen LogP contribution is -2.46. The number of aliphatic hydroxyl groups excluding tert-OH is 1. The van der Waals surface area contributed by atoms with Gasteiger partial charge in [-0.05, 0) is 51.4 Å². The number of quaternary nitrogens is 1. The molecule has 8 nitrogen and oxygen atoms in total. The molecule has 3 atom stereocenters. The summed E-state index contributed by atoms with van der Waals surface area (Å²) in [6.45, 7) is 4.93. The van der Waals surface area contributed by atoms with Crippen LogP contribution in [0, 0.1) is 0 Å². The zero-order chi connectivity index (χ0) is 55.6. The molecule has 3 N–H and O–H groups in total. The van der Waals surface area contributed by atoms with Gasteiger partial charge in [-0.3, -0.25) is 13.8 Å². The molecule has 0 spiro atoms. The first-order chi connectivity index (χ1) is 37.0. The Balaban J connectivity index is 4.06. The van der Waals surface area contributed by atoms with Crippen LogP contribution in [-0.4, -0.2) is 73.4 Å². The molecule has 0 rings (SSSR count). The quantitative estimate of drug-likeness (QED) is 0.0243. The van der Waals surface area contributed by atoms with Crippen LogP contribution in [0.1, 0.15) is 335 Å². The van der Waals surface area contributed by atoms with Gasteiger partial charge < -0.3 is 19.8 Å². The third-order valence-corrected chi connectivity index (χ3v) is 16.4. The number of likely N-dealkylation sites (N-methyl/N-ethyl adjacent to an activating group) is 1. The molecular formula is C67H132N2O6P+. The van der Waals surface area contributed by atoms with Crippen LogP contribution < -0.4 is 5.32 Å². The lowest BCUT2D eigenvalue weighted by atomic mass is 10.0. The van der Waals surface area contributed by atoms with Crippen LogP contribution in [0.25, 0.3) is 0 Å². The molecule has 1 amide bonds. The van der Waals surface area contributed by atoms with Gasteiger partial charge in [-0.2, -0.15) is 0 Å². The Kier molecular flexibility index (Phi) is 57.4. The van der Waals surface area contributed by atoms with E-state index in [0.717, 1.165) is 51.4 Å². The van der Waals surface area contributed by atoms with Gasteiger partial charge in [0.25, 0.3) is 0 Å². The van der Waals surface area contributed by atoms with Crippen molar-refractivity contribution in [3.05, 3.63) is 36.5 Å². The van der Waals surface area contributed by atoms with Crippen LogP contribution in [-0.2, 0) is 18.4 Å². The summed E-state index contributed by atoms with van der Waals surface area (Å²) < 4.78 is 23.9. The highest BCUT2D eigenvalue weighted by atomic mass is 31.2. The number of nitrogens with one attached hydrogen (secondary N) is 1. The number of aliphatic hydroxyl groups is 1. The van der Waals surface area contributed by atoms with Gasteiger partial charge in [0.05, 0.1) is 39.9 Å². The fraction of sp³-hybridized carbons (Fsp3) is 0.896. The normalized spacial score (nSPS) is 13.9. The third kappa shape index (κ3) is 60.4. The largest absolute Gasteiger partial charge is 0.472 e. The molecule has 3 unspecified atom stereocenters. The molecule has 0 aliphatic heterocycles. The van der Waals surface area contributed by atoms with Gasteiger partial charge in [0.15, 0.2) is 0 Å². The molecule has 450 valence electrons. The van der Waals surface area contributed by atoms with E-state index in [1.165, 1.54) is 257 Å². The van der Waals surface area contributed by atoms with Crippen molar-refractivity contribution in [3.8, 4) is 0 Å². The van der Waals surface area contributed by atoms with Crippen molar-refractivity contribution in [1.29, 1.82) is 0 Å². The first kappa shape index (κ1) is 74.7. The second kappa shape index (κ2) is 58.4. The number of allylic oxidation sites excluding steroid dienone is 6. The van der Waals surface area contributed by atoms with Crippen LogP contribution in [0.4, 0.5) is 0 Å². The molecule has 0 aliphatic carbocycles. The zero-order valence-electron chi connectivity index (χ0n) is 51.5.